The van der Waals surface area contributed by atoms with Crippen LogP contribution in [0.25, 0.3) is 0 Å². The van der Waals surface area contributed by atoms with Crippen molar-refractivity contribution < 1.29 is 9.59 Å². The van der Waals surface area contributed by atoms with Gasteiger partial charge in [-0.15, -0.1) is 0 Å². The number of rotatable bonds is 5. The monoisotopic (exact) mass is 371 g/mol. The molecule has 1 aliphatic heterocycles. The smallest absolute Gasteiger partial charge is 0.225 e. The Morgan fingerprint density at radius 2 is 1.56 bits per heavy atom. The lowest BCUT2D eigenvalue weighted by molar-refractivity contribution is -0.142. The van der Waals surface area contributed by atoms with Crippen LogP contribution in [0.4, 0.5) is 0 Å². The number of likely N-dealkylation sites (N-methyl/N-ethyl adjacent to an activating group) is 1. The van der Waals surface area contributed by atoms with Gasteiger partial charge in [-0.1, -0.05) is 37.3 Å². The van der Waals surface area contributed by atoms with E-state index < -0.39 is 0 Å². The van der Waals surface area contributed by atoms with Crippen molar-refractivity contribution in [3.63, 3.8) is 0 Å². The van der Waals surface area contributed by atoms with E-state index >= 15 is 0 Å². The Balaban J connectivity index is 1.45. The van der Waals surface area contributed by atoms with E-state index in [-0.39, 0.29) is 17.7 Å². The Kier molecular flexibility index (Phi) is 6.89. The normalized spacial score (nSPS) is 23.9. The third-order valence-corrected chi connectivity index (χ3v) is 6.20. The summed E-state index contributed by atoms with van der Waals surface area (Å²) < 4.78 is 0. The molecule has 2 fully saturated rings. The fraction of sp³-hybridized carbons (Fsp3) is 0.636. The number of nitrogens with zero attached hydrogens (tertiary/aromatic N) is 3. The molecule has 1 saturated carbocycles. The van der Waals surface area contributed by atoms with Crippen LogP contribution in [-0.4, -0.2) is 66.3 Å². The molecule has 0 N–H and O–H groups in total. The summed E-state index contributed by atoms with van der Waals surface area (Å²) in [5, 5.41) is 0. The molecule has 1 aromatic rings. The van der Waals surface area contributed by atoms with Gasteiger partial charge in [0, 0.05) is 51.6 Å². The van der Waals surface area contributed by atoms with E-state index in [0.29, 0.717) is 12.5 Å². The maximum atomic E-state index is 12.8. The van der Waals surface area contributed by atoms with Gasteiger partial charge in [-0.2, -0.15) is 0 Å². The number of piperazine rings is 1. The summed E-state index contributed by atoms with van der Waals surface area (Å²) >= 11 is 0. The Bertz CT molecular complexity index is 618. The minimum atomic E-state index is 0.0692. The molecule has 0 spiro atoms. The molecular weight excluding hydrogens is 338 g/mol. The number of carbonyl (C=O) groups is 2. The molecule has 0 unspecified atom stereocenters. The topological polar surface area (TPSA) is 43.9 Å². The van der Waals surface area contributed by atoms with Crippen LogP contribution in [0.2, 0.25) is 0 Å². The first-order chi connectivity index (χ1) is 13.1. The summed E-state index contributed by atoms with van der Waals surface area (Å²) in [6.45, 7) is 7.56. The summed E-state index contributed by atoms with van der Waals surface area (Å²) in [4.78, 5) is 31.9. The lowest BCUT2D eigenvalue weighted by atomic mass is 9.80. The molecule has 2 aliphatic rings. The molecule has 0 bridgehead atoms. The Hall–Kier alpha value is -1.88. The quantitative estimate of drug-likeness (QED) is 0.799. The van der Waals surface area contributed by atoms with Crippen LogP contribution >= 0.6 is 0 Å². The van der Waals surface area contributed by atoms with Crippen LogP contribution in [-0.2, 0) is 16.1 Å². The van der Waals surface area contributed by atoms with Gasteiger partial charge in [0.15, 0.2) is 0 Å². The summed E-state index contributed by atoms with van der Waals surface area (Å²) in [5.74, 6) is 0.719. The Morgan fingerprint density at radius 3 is 2.15 bits per heavy atom. The minimum absolute atomic E-state index is 0.0692. The molecule has 1 heterocycles. The van der Waals surface area contributed by atoms with Crippen LogP contribution < -0.4 is 0 Å². The van der Waals surface area contributed by atoms with E-state index in [1.165, 1.54) is 0 Å². The van der Waals surface area contributed by atoms with Crippen molar-refractivity contribution in [2.45, 2.75) is 39.2 Å². The largest absolute Gasteiger partial charge is 0.341 e. The van der Waals surface area contributed by atoms with Gasteiger partial charge >= 0.3 is 0 Å². The Labute approximate surface area is 163 Å². The summed E-state index contributed by atoms with van der Waals surface area (Å²) in [7, 11) is 1.89. The number of benzene rings is 1. The van der Waals surface area contributed by atoms with E-state index in [0.717, 1.165) is 64.0 Å². The second-order valence-electron chi connectivity index (χ2n) is 7.99. The van der Waals surface area contributed by atoms with E-state index in [9.17, 15) is 9.59 Å². The van der Waals surface area contributed by atoms with Crippen molar-refractivity contribution in [3.8, 4) is 0 Å². The lowest BCUT2D eigenvalue weighted by Crippen LogP contribution is -2.50. The number of hydrogen-bond acceptors (Lipinski definition) is 3. The van der Waals surface area contributed by atoms with Crippen molar-refractivity contribution in [3.05, 3.63) is 35.9 Å². The molecule has 0 radical (unpaired) electrons. The van der Waals surface area contributed by atoms with Gasteiger partial charge in [0.25, 0.3) is 0 Å². The zero-order valence-electron chi connectivity index (χ0n) is 16.8. The van der Waals surface area contributed by atoms with Gasteiger partial charge in [0.1, 0.15) is 0 Å². The molecule has 0 atom stereocenters. The molecule has 2 amide bonds. The van der Waals surface area contributed by atoms with Gasteiger partial charge in [-0.25, -0.2) is 0 Å². The van der Waals surface area contributed by atoms with E-state index in [2.05, 4.69) is 24.0 Å². The summed E-state index contributed by atoms with van der Waals surface area (Å²) in [5.41, 5.74) is 1.16. The molecule has 1 aromatic carbocycles. The lowest BCUT2D eigenvalue weighted by Gasteiger charge is -2.37. The van der Waals surface area contributed by atoms with Gasteiger partial charge in [0.2, 0.25) is 11.8 Å². The molecule has 1 aliphatic carbocycles. The molecule has 3 rings (SSSR count). The van der Waals surface area contributed by atoms with Gasteiger partial charge < -0.3 is 14.7 Å². The van der Waals surface area contributed by atoms with Crippen LogP contribution in [0.15, 0.2) is 30.3 Å². The predicted octanol–water partition coefficient (Wildman–Crippen LogP) is 2.62. The molecule has 5 nitrogen and oxygen atoms in total. The summed E-state index contributed by atoms with van der Waals surface area (Å²) in [6.07, 6.45) is 3.37. The first-order valence-electron chi connectivity index (χ1n) is 10.4. The second kappa shape index (κ2) is 9.36. The number of hydrogen-bond donors (Lipinski definition) is 0. The summed E-state index contributed by atoms with van der Waals surface area (Å²) in [6, 6.07) is 10.1. The van der Waals surface area contributed by atoms with Crippen LogP contribution in [0.1, 0.15) is 38.2 Å². The van der Waals surface area contributed by atoms with Gasteiger partial charge in [0.05, 0.1) is 0 Å². The number of carbonyl (C=O) groups excluding carboxylic acids is 2. The van der Waals surface area contributed by atoms with Crippen molar-refractivity contribution in [1.82, 2.24) is 14.7 Å². The predicted molar refractivity (Wildman–Crippen MR) is 107 cm³/mol. The zero-order chi connectivity index (χ0) is 19.2. The highest BCUT2D eigenvalue weighted by Gasteiger charge is 2.34. The van der Waals surface area contributed by atoms with Crippen LogP contribution in [0.5, 0.6) is 0 Å². The molecule has 0 aromatic heterocycles. The third kappa shape index (κ3) is 5.10. The maximum Gasteiger partial charge on any atom is 0.225 e. The average molecular weight is 372 g/mol. The van der Waals surface area contributed by atoms with Crippen LogP contribution in [0, 0.1) is 11.8 Å². The average Bonchev–Trinajstić information content (AvgIpc) is 2.73. The van der Waals surface area contributed by atoms with Gasteiger partial charge in [-0.3, -0.25) is 9.59 Å². The third-order valence-electron chi connectivity index (χ3n) is 6.20. The van der Waals surface area contributed by atoms with Gasteiger partial charge in [-0.05, 0) is 37.8 Å². The van der Waals surface area contributed by atoms with Crippen LogP contribution in [0.3, 0.4) is 0 Å². The van der Waals surface area contributed by atoms with E-state index in [1.807, 2.05) is 35.0 Å². The van der Waals surface area contributed by atoms with E-state index in [1.54, 1.807) is 0 Å². The molecule has 5 heteroatoms. The van der Waals surface area contributed by atoms with E-state index in [4.69, 9.17) is 0 Å². The Morgan fingerprint density at radius 1 is 0.963 bits per heavy atom. The highest BCUT2D eigenvalue weighted by atomic mass is 16.2. The van der Waals surface area contributed by atoms with Crippen molar-refractivity contribution in [2.24, 2.45) is 11.8 Å². The SMILES string of the molecule is CCN1CCN(C(=O)C2CCC(C(=O)N(C)Cc3ccccc3)CC2)CC1. The van der Waals surface area contributed by atoms with Crippen molar-refractivity contribution in [2.75, 3.05) is 39.8 Å². The van der Waals surface area contributed by atoms with Crippen molar-refractivity contribution >= 4 is 11.8 Å². The van der Waals surface area contributed by atoms with Crippen molar-refractivity contribution in [1.29, 1.82) is 0 Å². The zero-order valence-corrected chi connectivity index (χ0v) is 16.8. The highest BCUT2D eigenvalue weighted by molar-refractivity contribution is 5.81. The number of amides is 2. The first kappa shape index (κ1) is 19.9. The highest BCUT2D eigenvalue weighted by Crippen LogP contribution is 2.31. The molecular formula is C22H33N3O2. The molecule has 27 heavy (non-hydrogen) atoms. The maximum absolute atomic E-state index is 12.8. The minimum Gasteiger partial charge on any atom is -0.341 e. The molecule has 1 saturated heterocycles. The fourth-order valence-corrected chi connectivity index (χ4v) is 4.38. The fourth-order valence-electron chi connectivity index (χ4n) is 4.38. The second-order valence-corrected chi connectivity index (χ2v) is 7.99. The first-order valence-corrected chi connectivity index (χ1v) is 10.4. The molecule has 148 valence electrons. The standard InChI is InChI=1S/C22H33N3O2/c1-3-24-13-15-25(16-14-24)22(27)20-11-9-19(10-12-20)21(26)23(2)17-18-7-5-4-6-8-18/h4-8,19-20H,3,9-17H2,1-2H3.